The van der Waals surface area contributed by atoms with Crippen LogP contribution in [0.4, 0.5) is 0 Å². The number of aliphatic carboxylic acids is 2. The van der Waals surface area contributed by atoms with E-state index in [2.05, 4.69) is 23.3 Å². The van der Waals surface area contributed by atoms with Crippen LogP contribution >= 0.6 is 12.6 Å². The molecule has 186 valence electrons. The molecule has 0 rings (SSSR count). The molecule has 0 fully saturated rings. The van der Waals surface area contributed by atoms with Crippen molar-refractivity contribution in [3.63, 3.8) is 0 Å². The first-order valence-electron chi connectivity index (χ1n) is 8.98. The Morgan fingerprint density at radius 3 is 2.00 bits per heavy atom. The number of aliphatic hydroxyl groups is 5. The number of nitrogens with two attached hydrogens (primary N) is 1. The molecule has 0 heterocycles. The van der Waals surface area contributed by atoms with Crippen LogP contribution in [0.15, 0.2) is 0 Å². The highest BCUT2D eigenvalue weighted by Crippen LogP contribution is 2.03. The van der Waals surface area contributed by atoms with Crippen molar-refractivity contribution >= 4 is 42.7 Å². The second kappa shape index (κ2) is 17.2. The molecule has 0 aromatic heterocycles. The van der Waals surface area contributed by atoms with Crippen molar-refractivity contribution in [1.82, 2.24) is 10.6 Å². The van der Waals surface area contributed by atoms with E-state index in [1.165, 1.54) is 0 Å². The van der Waals surface area contributed by atoms with Gasteiger partial charge >= 0.3 is 11.9 Å². The summed E-state index contributed by atoms with van der Waals surface area (Å²) in [6.07, 6.45) is -7.07. The number of amides is 2. The van der Waals surface area contributed by atoms with E-state index < -0.39 is 73.4 Å². The fourth-order valence-electron chi connectivity index (χ4n) is 1.77. The van der Waals surface area contributed by atoms with Crippen LogP contribution in [0.1, 0.15) is 12.8 Å². The quantitative estimate of drug-likeness (QED) is 0.0806. The summed E-state index contributed by atoms with van der Waals surface area (Å²) in [5, 5.41) is 64.9. The molecule has 32 heavy (non-hydrogen) atoms. The number of carbonyl (C=O) groups is 5. The fraction of sp³-hybridized carbons (Fsp3) is 0.688. The number of rotatable bonds is 14. The van der Waals surface area contributed by atoms with Crippen LogP contribution in [0.3, 0.4) is 0 Å². The van der Waals surface area contributed by atoms with E-state index in [-0.39, 0.29) is 24.9 Å². The van der Waals surface area contributed by atoms with E-state index in [1.54, 1.807) is 0 Å². The maximum atomic E-state index is 11.5. The zero-order chi connectivity index (χ0) is 25.4. The number of thiol groups is 1. The number of aldehydes is 1. The predicted molar refractivity (Wildman–Crippen MR) is 108 cm³/mol. The highest BCUT2D eigenvalue weighted by Gasteiger charge is 2.29. The predicted octanol–water partition coefficient (Wildman–Crippen LogP) is -5.58. The second-order valence-electron chi connectivity index (χ2n) is 6.26. The first-order chi connectivity index (χ1) is 14.8. The summed E-state index contributed by atoms with van der Waals surface area (Å²) in [5.74, 6) is -3.70. The van der Waals surface area contributed by atoms with E-state index in [4.69, 9.17) is 41.5 Å². The molecule has 0 spiro atoms. The summed E-state index contributed by atoms with van der Waals surface area (Å²) < 4.78 is 0. The van der Waals surface area contributed by atoms with Gasteiger partial charge in [-0.15, -0.1) is 0 Å². The normalized spacial score (nSPS) is 16.1. The zero-order valence-corrected chi connectivity index (χ0v) is 17.7. The van der Waals surface area contributed by atoms with Crippen molar-refractivity contribution in [2.75, 3.05) is 18.9 Å². The summed E-state index contributed by atoms with van der Waals surface area (Å²) >= 11 is 3.87. The lowest BCUT2D eigenvalue weighted by Crippen LogP contribution is -2.49. The number of hydrogen-bond donors (Lipinski definition) is 11. The van der Waals surface area contributed by atoms with Gasteiger partial charge in [-0.1, -0.05) is 0 Å². The molecule has 0 aromatic carbocycles. The molecule has 6 atom stereocenters. The number of hydrogen-bond acceptors (Lipinski definition) is 12. The molecular weight excluding hydrogens is 458 g/mol. The molecule has 15 nitrogen and oxygen atoms in total. The molecule has 0 aliphatic heterocycles. The third-order valence-corrected chi connectivity index (χ3v) is 4.03. The summed E-state index contributed by atoms with van der Waals surface area (Å²) in [6, 6.07) is -2.15. The third kappa shape index (κ3) is 13.9. The Kier molecular flexibility index (Phi) is 17.2. The number of carboxylic acid groups (broad SMARTS) is 2. The van der Waals surface area contributed by atoms with Gasteiger partial charge in [-0.25, -0.2) is 0 Å². The van der Waals surface area contributed by atoms with Crippen molar-refractivity contribution in [1.29, 1.82) is 0 Å². The van der Waals surface area contributed by atoms with Crippen LogP contribution in [0.5, 0.6) is 0 Å². The van der Waals surface area contributed by atoms with E-state index >= 15 is 0 Å². The molecule has 0 aromatic rings. The monoisotopic (exact) mass is 487 g/mol. The number of carbonyl (C=O) groups excluding carboxylic acids is 3. The minimum absolute atomic E-state index is 0.0256. The SMILES string of the molecule is N[C@@H](CCC(=O)N[C@@H](CS)C(=O)NCC(=O)O)C(=O)O.O=C[C@H](O)[C@@H](O)[C@H](O)[C@H](O)CO. The van der Waals surface area contributed by atoms with Gasteiger partial charge in [0, 0.05) is 12.2 Å². The van der Waals surface area contributed by atoms with Crippen molar-refractivity contribution in [2.45, 2.75) is 49.3 Å². The lowest BCUT2D eigenvalue weighted by atomic mass is 10.0. The molecule has 11 N–H and O–H groups in total. The van der Waals surface area contributed by atoms with Gasteiger partial charge < -0.3 is 56.9 Å². The molecule has 0 bridgehead atoms. The molecule has 0 unspecified atom stereocenters. The van der Waals surface area contributed by atoms with Crippen molar-refractivity contribution in [2.24, 2.45) is 5.73 Å². The number of carboxylic acids is 2. The van der Waals surface area contributed by atoms with Gasteiger partial charge in [-0.05, 0) is 6.42 Å². The van der Waals surface area contributed by atoms with Crippen molar-refractivity contribution in [3.8, 4) is 0 Å². The first kappa shape index (κ1) is 31.8. The molecule has 0 saturated carbocycles. The number of nitrogens with one attached hydrogen (secondary N) is 2. The first-order valence-corrected chi connectivity index (χ1v) is 9.62. The largest absolute Gasteiger partial charge is 0.480 e. The van der Waals surface area contributed by atoms with Gasteiger partial charge in [0.2, 0.25) is 11.8 Å². The highest BCUT2D eigenvalue weighted by atomic mass is 32.1. The summed E-state index contributed by atoms with van der Waals surface area (Å²) in [5.41, 5.74) is 5.23. The van der Waals surface area contributed by atoms with Gasteiger partial charge in [-0.3, -0.25) is 19.2 Å². The van der Waals surface area contributed by atoms with E-state index in [9.17, 15) is 24.0 Å². The molecule has 0 saturated heterocycles. The van der Waals surface area contributed by atoms with Crippen LogP contribution in [0, 0.1) is 0 Å². The van der Waals surface area contributed by atoms with Gasteiger partial charge in [0.15, 0.2) is 6.29 Å². The molecule has 0 aliphatic rings. The standard InChI is InChI=1S/C10H17N3O6S.C6H12O6/c11-5(10(18)19)1-2-7(14)13-6(4-20)9(17)12-3-8(15)16;7-1-3(9)5(11)6(12)4(10)2-8/h5-6,20H,1-4,11H2,(H,12,17)(H,13,14)(H,15,16)(H,18,19);1,3-6,8-12H,2H2/t5-,6-;3-,4+,5+,6+/m00/s1. The van der Waals surface area contributed by atoms with Gasteiger partial charge in [-0.2, -0.15) is 12.6 Å². The molecule has 2 amide bonds. The summed E-state index contributed by atoms with van der Waals surface area (Å²) in [6.45, 7) is -1.33. The lowest BCUT2D eigenvalue weighted by molar-refractivity contribution is -0.139. The topological polar surface area (TPSA) is 277 Å². The fourth-order valence-corrected chi connectivity index (χ4v) is 2.03. The summed E-state index contributed by atoms with van der Waals surface area (Å²) in [7, 11) is 0. The lowest BCUT2D eigenvalue weighted by Gasteiger charge is -2.22. The van der Waals surface area contributed by atoms with E-state index in [1.807, 2.05) is 0 Å². The highest BCUT2D eigenvalue weighted by molar-refractivity contribution is 7.80. The van der Waals surface area contributed by atoms with Crippen LogP contribution in [0.2, 0.25) is 0 Å². The maximum Gasteiger partial charge on any atom is 0.322 e. The van der Waals surface area contributed by atoms with Crippen LogP contribution in [-0.2, 0) is 24.0 Å². The van der Waals surface area contributed by atoms with Gasteiger partial charge in [0.05, 0.1) is 6.61 Å². The maximum absolute atomic E-state index is 11.5. The Labute approximate surface area is 187 Å². The Bertz CT molecular complexity index is 623. The number of aliphatic hydroxyl groups excluding tert-OH is 5. The Morgan fingerprint density at radius 2 is 1.59 bits per heavy atom. The van der Waals surface area contributed by atoms with Crippen LogP contribution in [-0.4, -0.2) is 121 Å². The Hall–Kier alpha value is -2.34. The van der Waals surface area contributed by atoms with Crippen LogP contribution in [0.25, 0.3) is 0 Å². The Morgan fingerprint density at radius 1 is 1.03 bits per heavy atom. The molecule has 0 aliphatic carbocycles. The van der Waals surface area contributed by atoms with Crippen molar-refractivity contribution in [3.05, 3.63) is 0 Å². The molecular formula is C16H29N3O12S. The smallest absolute Gasteiger partial charge is 0.322 e. The van der Waals surface area contributed by atoms with E-state index in [0.29, 0.717) is 0 Å². The van der Waals surface area contributed by atoms with Crippen molar-refractivity contribution < 1.29 is 59.7 Å². The van der Waals surface area contributed by atoms with E-state index in [0.717, 1.165) is 0 Å². The minimum atomic E-state index is -1.79. The van der Waals surface area contributed by atoms with Gasteiger partial charge in [0.1, 0.15) is 43.0 Å². The average Bonchev–Trinajstić information content (AvgIpc) is 2.77. The average molecular weight is 487 g/mol. The zero-order valence-electron chi connectivity index (χ0n) is 16.8. The summed E-state index contributed by atoms with van der Waals surface area (Å²) in [4.78, 5) is 53.6. The van der Waals surface area contributed by atoms with Gasteiger partial charge in [0.25, 0.3) is 0 Å². The molecule has 0 radical (unpaired) electrons. The Balaban J connectivity index is 0. The minimum Gasteiger partial charge on any atom is -0.480 e. The third-order valence-electron chi connectivity index (χ3n) is 3.67. The second-order valence-corrected chi connectivity index (χ2v) is 6.62. The molecule has 16 heteroatoms. The van der Waals surface area contributed by atoms with Crippen LogP contribution < -0.4 is 16.4 Å².